The fraction of sp³-hybridized carbons (Fsp3) is 0.190. The summed E-state index contributed by atoms with van der Waals surface area (Å²) < 4.78 is 10.4. The normalized spacial score (nSPS) is 10.3. The largest absolute Gasteiger partial charge is 0.493 e. The molecule has 0 spiro atoms. The van der Waals surface area contributed by atoms with Crippen LogP contribution in [-0.2, 0) is 9.59 Å². The van der Waals surface area contributed by atoms with Crippen LogP contribution in [0.25, 0.3) is 6.08 Å². The molecule has 0 fully saturated rings. The number of amides is 3. The zero-order valence-corrected chi connectivity index (χ0v) is 16.4. The first-order valence-electron chi connectivity index (χ1n) is 8.87. The maximum atomic E-state index is 12.1. The second-order valence-electron chi connectivity index (χ2n) is 5.87. The Kier molecular flexibility index (Phi) is 7.78. The number of nitrogens with one attached hydrogen (secondary N) is 3. The van der Waals surface area contributed by atoms with Crippen molar-refractivity contribution < 1.29 is 23.9 Å². The molecule has 8 nitrogen and oxygen atoms in total. The third-order valence-electron chi connectivity index (χ3n) is 3.89. The van der Waals surface area contributed by atoms with Gasteiger partial charge in [0.1, 0.15) is 0 Å². The Labute approximate surface area is 168 Å². The molecule has 0 heterocycles. The smallest absolute Gasteiger partial charge is 0.269 e. The van der Waals surface area contributed by atoms with E-state index in [0.29, 0.717) is 29.2 Å². The van der Waals surface area contributed by atoms with E-state index in [1.807, 2.05) is 0 Å². The van der Waals surface area contributed by atoms with Crippen LogP contribution in [0.2, 0.25) is 0 Å². The van der Waals surface area contributed by atoms with Gasteiger partial charge >= 0.3 is 0 Å². The van der Waals surface area contributed by atoms with Gasteiger partial charge in [0, 0.05) is 23.7 Å². The Morgan fingerprint density at radius 2 is 1.62 bits per heavy atom. The highest BCUT2D eigenvalue weighted by atomic mass is 16.5. The van der Waals surface area contributed by atoms with Gasteiger partial charge in [-0.3, -0.25) is 25.2 Å². The molecule has 152 valence electrons. The van der Waals surface area contributed by atoms with Gasteiger partial charge < -0.3 is 14.8 Å². The Morgan fingerprint density at radius 1 is 0.931 bits per heavy atom. The molecule has 0 bridgehead atoms. The SMILES string of the molecule is CCC(=O)Nc1ccc(C(=O)NNC(=O)C=Cc2ccc(OC)c(OC)c2)cc1. The molecular formula is C21H23N3O5. The highest BCUT2D eigenvalue weighted by Gasteiger charge is 2.07. The van der Waals surface area contributed by atoms with E-state index in [9.17, 15) is 14.4 Å². The topological polar surface area (TPSA) is 106 Å². The van der Waals surface area contributed by atoms with E-state index >= 15 is 0 Å². The summed E-state index contributed by atoms with van der Waals surface area (Å²) in [6.07, 6.45) is 3.23. The maximum absolute atomic E-state index is 12.1. The average molecular weight is 397 g/mol. The van der Waals surface area contributed by atoms with Crippen LogP contribution in [0.5, 0.6) is 11.5 Å². The molecular weight excluding hydrogens is 374 g/mol. The zero-order valence-electron chi connectivity index (χ0n) is 16.4. The number of ether oxygens (including phenoxy) is 2. The van der Waals surface area contributed by atoms with Crippen molar-refractivity contribution in [2.75, 3.05) is 19.5 Å². The number of anilines is 1. The minimum atomic E-state index is -0.500. The van der Waals surface area contributed by atoms with E-state index in [0.717, 1.165) is 5.56 Å². The van der Waals surface area contributed by atoms with Crippen LogP contribution in [0.4, 0.5) is 5.69 Å². The number of methoxy groups -OCH3 is 2. The molecule has 2 aromatic rings. The molecule has 8 heteroatoms. The predicted molar refractivity (Wildman–Crippen MR) is 110 cm³/mol. The van der Waals surface area contributed by atoms with Gasteiger partial charge in [-0.15, -0.1) is 0 Å². The Hall–Kier alpha value is -3.81. The molecule has 2 aromatic carbocycles. The van der Waals surface area contributed by atoms with Crippen LogP contribution in [-0.4, -0.2) is 31.9 Å². The Balaban J connectivity index is 1.89. The Morgan fingerprint density at radius 3 is 2.24 bits per heavy atom. The molecule has 0 saturated heterocycles. The number of rotatable bonds is 7. The fourth-order valence-corrected chi connectivity index (χ4v) is 2.31. The van der Waals surface area contributed by atoms with Crippen molar-refractivity contribution in [1.82, 2.24) is 10.9 Å². The van der Waals surface area contributed by atoms with Gasteiger partial charge in [0.2, 0.25) is 5.91 Å². The lowest BCUT2D eigenvalue weighted by molar-refractivity contribution is -0.117. The first-order chi connectivity index (χ1) is 14.0. The third-order valence-corrected chi connectivity index (χ3v) is 3.89. The van der Waals surface area contributed by atoms with Crippen molar-refractivity contribution in [2.45, 2.75) is 13.3 Å². The fourth-order valence-electron chi connectivity index (χ4n) is 2.31. The van der Waals surface area contributed by atoms with Gasteiger partial charge in [0.25, 0.3) is 11.8 Å². The molecule has 29 heavy (non-hydrogen) atoms. The van der Waals surface area contributed by atoms with Crippen LogP contribution < -0.4 is 25.6 Å². The number of carbonyl (C=O) groups excluding carboxylic acids is 3. The lowest BCUT2D eigenvalue weighted by Crippen LogP contribution is -2.40. The van der Waals surface area contributed by atoms with E-state index in [4.69, 9.17) is 9.47 Å². The number of hydrazine groups is 1. The maximum Gasteiger partial charge on any atom is 0.269 e. The first kappa shape index (κ1) is 21.5. The van der Waals surface area contributed by atoms with Gasteiger partial charge in [0.05, 0.1) is 14.2 Å². The van der Waals surface area contributed by atoms with E-state index in [1.165, 1.54) is 20.3 Å². The Bertz CT molecular complexity index is 907. The van der Waals surface area contributed by atoms with Crippen LogP contribution >= 0.6 is 0 Å². The summed E-state index contributed by atoms with van der Waals surface area (Å²) in [5.41, 5.74) is 6.29. The van der Waals surface area contributed by atoms with E-state index in [-0.39, 0.29) is 5.91 Å². The van der Waals surface area contributed by atoms with E-state index in [2.05, 4.69) is 16.2 Å². The van der Waals surface area contributed by atoms with Gasteiger partial charge in [-0.25, -0.2) is 0 Å². The molecule has 0 aliphatic heterocycles. The molecule has 0 unspecified atom stereocenters. The molecule has 0 saturated carbocycles. The van der Waals surface area contributed by atoms with Crippen LogP contribution in [0.1, 0.15) is 29.3 Å². The van der Waals surface area contributed by atoms with Crippen molar-refractivity contribution >= 4 is 29.5 Å². The summed E-state index contributed by atoms with van der Waals surface area (Å²) in [5, 5.41) is 2.69. The molecule has 0 aliphatic carbocycles. The molecule has 3 N–H and O–H groups in total. The second-order valence-corrected chi connectivity index (χ2v) is 5.87. The van der Waals surface area contributed by atoms with Crippen LogP contribution in [0, 0.1) is 0 Å². The number of carbonyl (C=O) groups is 3. The van der Waals surface area contributed by atoms with E-state index < -0.39 is 11.8 Å². The van der Waals surface area contributed by atoms with Crippen molar-refractivity contribution in [2.24, 2.45) is 0 Å². The van der Waals surface area contributed by atoms with E-state index in [1.54, 1.807) is 55.5 Å². The predicted octanol–water partition coefficient (Wildman–Crippen LogP) is 2.53. The summed E-state index contributed by atoms with van der Waals surface area (Å²) in [4.78, 5) is 35.4. The zero-order chi connectivity index (χ0) is 21.2. The highest BCUT2D eigenvalue weighted by molar-refractivity contribution is 5.98. The quantitative estimate of drug-likeness (QED) is 0.492. The molecule has 0 aromatic heterocycles. The monoisotopic (exact) mass is 397 g/mol. The van der Waals surface area contributed by atoms with Crippen molar-refractivity contribution in [3.63, 3.8) is 0 Å². The van der Waals surface area contributed by atoms with Crippen molar-refractivity contribution in [3.8, 4) is 11.5 Å². The first-order valence-corrected chi connectivity index (χ1v) is 8.87. The molecule has 0 atom stereocenters. The summed E-state index contributed by atoms with van der Waals surface area (Å²) in [6.45, 7) is 1.75. The lowest BCUT2D eigenvalue weighted by Gasteiger charge is -2.08. The lowest BCUT2D eigenvalue weighted by atomic mass is 10.2. The summed E-state index contributed by atoms with van der Waals surface area (Å²) >= 11 is 0. The van der Waals surface area contributed by atoms with Crippen molar-refractivity contribution in [3.05, 3.63) is 59.7 Å². The minimum absolute atomic E-state index is 0.115. The standard InChI is InChI=1S/C21H23N3O5/c1-4-19(25)22-16-9-7-15(8-10-16)21(27)24-23-20(26)12-6-14-5-11-17(28-2)18(13-14)29-3/h5-13H,4H2,1-3H3,(H,22,25)(H,23,26)(H,24,27). The van der Waals surface area contributed by atoms with Gasteiger partial charge in [-0.2, -0.15) is 0 Å². The summed E-state index contributed by atoms with van der Waals surface area (Å²) in [5.74, 6) is 0.0329. The van der Waals surface area contributed by atoms with Gasteiger partial charge in [-0.05, 0) is 48.0 Å². The average Bonchev–Trinajstić information content (AvgIpc) is 2.76. The second kappa shape index (κ2) is 10.5. The molecule has 0 radical (unpaired) electrons. The molecule has 0 aliphatic rings. The van der Waals surface area contributed by atoms with Gasteiger partial charge in [0.15, 0.2) is 11.5 Å². The number of benzene rings is 2. The minimum Gasteiger partial charge on any atom is -0.493 e. The van der Waals surface area contributed by atoms with Crippen LogP contribution in [0.3, 0.4) is 0 Å². The number of hydrogen-bond acceptors (Lipinski definition) is 5. The van der Waals surface area contributed by atoms with Gasteiger partial charge in [-0.1, -0.05) is 13.0 Å². The number of hydrogen-bond donors (Lipinski definition) is 3. The summed E-state index contributed by atoms with van der Waals surface area (Å²) in [7, 11) is 3.07. The third kappa shape index (κ3) is 6.39. The molecule has 2 rings (SSSR count). The van der Waals surface area contributed by atoms with Crippen molar-refractivity contribution in [1.29, 1.82) is 0 Å². The van der Waals surface area contributed by atoms with Crippen LogP contribution in [0.15, 0.2) is 48.5 Å². The highest BCUT2D eigenvalue weighted by Crippen LogP contribution is 2.27. The summed E-state index contributed by atoms with van der Waals surface area (Å²) in [6, 6.07) is 11.5. The molecule has 3 amide bonds.